The quantitative estimate of drug-likeness (QED) is 0.841. The van der Waals surface area contributed by atoms with Gasteiger partial charge in [0, 0.05) is 17.0 Å². The van der Waals surface area contributed by atoms with Crippen LogP contribution in [0, 0.1) is 6.92 Å². The van der Waals surface area contributed by atoms with Crippen molar-refractivity contribution in [2.75, 3.05) is 0 Å². The molecule has 2 heteroatoms. The molecule has 100 valence electrons. The molecule has 18 heavy (non-hydrogen) atoms. The smallest absolute Gasteiger partial charge is 0.123 e. The van der Waals surface area contributed by atoms with Gasteiger partial charge in [0.15, 0.2) is 0 Å². The van der Waals surface area contributed by atoms with E-state index in [0.717, 1.165) is 24.0 Å². The molecule has 1 unspecified atom stereocenters. The average molecular weight is 247 g/mol. The van der Waals surface area contributed by atoms with Crippen LogP contribution in [-0.2, 0) is 10.8 Å². The standard InChI is InChI=1S/C16H25NO/c1-10-8-12(15(3,4)5)14(18)13(9-10)16(6-7-16)11(2)17/h8-9,11,18H,6-7,17H2,1-5H3. The minimum Gasteiger partial charge on any atom is -0.507 e. The van der Waals surface area contributed by atoms with Crippen LogP contribution in [0.5, 0.6) is 5.75 Å². The summed E-state index contributed by atoms with van der Waals surface area (Å²) < 4.78 is 0. The molecule has 2 rings (SSSR count). The predicted molar refractivity (Wildman–Crippen MR) is 76.1 cm³/mol. The molecule has 0 radical (unpaired) electrons. The van der Waals surface area contributed by atoms with Crippen molar-refractivity contribution in [3.05, 3.63) is 28.8 Å². The van der Waals surface area contributed by atoms with Crippen molar-refractivity contribution < 1.29 is 5.11 Å². The van der Waals surface area contributed by atoms with Crippen LogP contribution in [0.15, 0.2) is 12.1 Å². The Morgan fingerprint density at radius 2 is 1.83 bits per heavy atom. The molecule has 1 fully saturated rings. The van der Waals surface area contributed by atoms with Crippen LogP contribution >= 0.6 is 0 Å². The zero-order valence-electron chi connectivity index (χ0n) is 12.2. The van der Waals surface area contributed by atoms with Gasteiger partial charge in [0.1, 0.15) is 5.75 Å². The second kappa shape index (κ2) is 3.99. The second-order valence-corrected chi connectivity index (χ2v) is 6.90. The van der Waals surface area contributed by atoms with Crippen LogP contribution < -0.4 is 5.73 Å². The van der Waals surface area contributed by atoms with Crippen molar-refractivity contribution in [2.24, 2.45) is 5.73 Å². The molecule has 1 atom stereocenters. The summed E-state index contributed by atoms with van der Waals surface area (Å²) in [7, 11) is 0. The Labute approximate surface area is 110 Å². The fourth-order valence-corrected chi connectivity index (χ4v) is 2.83. The largest absolute Gasteiger partial charge is 0.507 e. The lowest BCUT2D eigenvalue weighted by molar-refractivity contribution is 0.423. The van der Waals surface area contributed by atoms with Crippen LogP contribution in [-0.4, -0.2) is 11.1 Å². The highest BCUT2D eigenvalue weighted by atomic mass is 16.3. The number of hydrogen-bond donors (Lipinski definition) is 2. The van der Waals surface area contributed by atoms with E-state index < -0.39 is 0 Å². The fraction of sp³-hybridized carbons (Fsp3) is 0.625. The van der Waals surface area contributed by atoms with E-state index in [-0.39, 0.29) is 16.9 Å². The highest BCUT2D eigenvalue weighted by Gasteiger charge is 2.49. The summed E-state index contributed by atoms with van der Waals surface area (Å²) in [5, 5.41) is 10.6. The molecule has 0 saturated heterocycles. The highest BCUT2D eigenvalue weighted by molar-refractivity contribution is 5.52. The highest BCUT2D eigenvalue weighted by Crippen LogP contribution is 2.54. The Kier molecular flexibility index (Phi) is 2.97. The molecule has 0 amide bonds. The number of aryl methyl sites for hydroxylation is 1. The molecule has 1 aliphatic rings. The molecule has 0 aliphatic heterocycles. The molecule has 1 aliphatic carbocycles. The molecular formula is C16H25NO. The van der Waals surface area contributed by atoms with E-state index in [1.54, 1.807) is 0 Å². The van der Waals surface area contributed by atoms with Crippen molar-refractivity contribution in [3.8, 4) is 5.75 Å². The molecule has 2 nitrogen and oxygen atoms in total. The van der Waals surface area contributed by atoms with Crippen molar-refractivity contribution in [3.63, 3.8) is 0 Å². The molecule has 1 aromatic rings. The topological polar surface area (TPSA) is 46.2 Å². The maximum absolute atomic E-state index is 10.6. The van der Waals surface area contributed by atoms with Gasteiger partial charge in [0.2, 0.25) is 0 Å². The zero-order valence-corrected chi connectivity index (χ0v) is 12.2. The first-order chi connectivity index (χ1) is 8.18. The normalized spacial score (nSPS) is 19.7. The Hall–Kier alpha value is -1.02. The number of benzene rings is 1. The lowest BCUT2D eigenvalue weighted by Crippen LogP contribution is -2.32. The molecule has 0 aromatic heterocycles. The Morgan fingerprint density at radius 1 is 1.28 bits per heavy atom. The fourth-order valence-electron chi connectivity index (χ4n) is 2.83. The number of phenolic OH excluding ortho intramolecular Hbond substituents is 1. The zero-order chi connectivity index (χ0) is 13.7. The van der Waals surface area contributed by atoms with Gasteiger partial charge < -0.3 is 10.8 Å². The van der Waals surface area contributed by atoms with Crippen molar-refractivity contribution in [1.29, 1.82) is 0 Å². The van der Waals surface area contributed by atoms with Crippen molar-refractivity contribution in [1.82, 2.24) is 0 Å². The summed E-state index contributed by atoms with van der Waals surface area (Å²) in [4.78, 5) is 0. The van der Waals surface area contributed by atoms with Gasteiger partial charge in [0.25, 0.3) is 0 Å². The van der Waals surface area contributed by atoms with Crippen LogP contribution in [0.25, 0.3) is 0 Å². The van der Waals surface area contributed by atoms with E-state index in [2.05, 4.69) is 39.8 Å². The SMILES string of the molecule is Cc1cc(C(C)(C)C)c(O)c(C2(C(C)N)CC2)c1. The Morgan fingerprint density at radius 3 is 2.22 bits per heavy atom. The number of rotatable bonds is 2. The third-order valence-corrected chi connectivity index (χ3v) is 4.26. The number of nitrogens with two attached hydrogens (primary N) is 1. The molecule has 3 N–H and O–H groups in total. The van der Waals surface area contributed by atoms with Crippen molar-refractivity contribution in [2.45, 2.75) is 64.3 Å². The number of hydrogen-bond acceptors (Lipinski definition) is 2. The number of phenols is 1. The minimum atomic E-state index is -0.0429. The first-order valence-corrected chi connectivity index (χ1v) is 6.78. The molecule has 1 aromatic carbocycles. The minimum absolute atomic E-state index is 0.0100. The summed E-state index contributed by atoms with van der Waals surface area (Å²) >= 11 is 0. The van der Waals surface area contributed by atoms with E-state index in [0.29, 0.717) is 5.75 Å². The van der Waals surface area contributed by atoms with Gasteiger partial charge in [-0.15, -0.1) is 0 Å². The van der Waals surface area contributed by atoms with E-state index in [1.807, 2.05) is 6.92 Å². The number of aromatic hydroxyl groups is 1. The monoisotopic (exact) mass is 247 g/mol. The second-order valence-electron chi connectivity index (χ2n) is 6.90. The van der Waals surface area contributed by atoms with Gasteiger partial charge in [-0.2, -0.15) is 0 Å². The summed E-state index contributed by atoms with van der Waals surface area (Å²) in [5.74, 6) is 0.461. The first kappa shape index (κ1) is 13.4. The molecular weight excluding hydrogens is 222 g/mol. The lowest BCUT2D eigenvalue weighted by atomic mass is 9.80. The summed E-state index contributed by atoms with van der Waals surface area (Å²) in [6.45, 7) is 10.5. The summed E-state index contributed by atoms with van der Waals surface area (Å²) in [6.07, 6.45) is 2.18. The first-order valence-electron chi connectivity index (χ1n) is 6.78. The van der Waals surface area contributed by atoms with Gasteiger partial charge in [-0.05, 0) is 37.7 Å². The lowest BCUT2D eigenvalue weighted by Gasteiger charge is -2.27. The van der Waals surface area contributed by atoms with Crippen LogP contribution in [0.2, 0.25) is 0 Å². The van der Waals surface area contributed by atoms with E-state index >= 15 is 0 Å². The molecule has 0 spiro atoms. The van der Waals surface area contributed by atoms with Gasteiger partial charge in [-0.25, -0.2) is 0 Å². The molecule has 0 bridgehead atoms. The van der Waals surface area contributed by atoms with Crippen LogP contribution in [0.1, 0.15) is 57.2 Å². The van der Waals surface area contributed by atoms with Crippen molar-refractivity contribution >= 4 is 0 Å². The maximum atomic E-state index is 10.6. The third kappa shape index (κ3) is 2.03. The predicted octanol–water partition coefficient (Wildman–Crippen LogP) is 3.38. The Bertz CT molecular complexity index is 465. The van der Waals surface area contributed by atoms with Crippen LogP contribution in [0.4, 0.5) is 0 Å². The Balaban J connectivity index is 2.60. The van der Waals surface area contributed by atoms with Gasteiger partial charge in [-0.3, -0.25) is 0 Å². The molecule has 1 saturated carbocycles. The van der Waals surface area contributed by atoms with Gasteiger partial charge in [-0.1, -0.05) is 38.5 Å². The van der Waals surface area contributed by atoms with E-state index in [1.165, 1.54) is 5.56 Å². The van der Waals surface area contributed by atoms with Gasteiger partial charge in [0.05, 0.1) is 0 Å². The average Bonchev–Trinajstić information content (AvgIpc) is 3.00. The summed E-state index contributed by atoms with van der Waals surface area (Å²) in [5.41, 5.74) is 9.40. The van der Waals surface area contributed by atoms with E-state index in [9.17, 15) is 5.11 Å². The maximum Gasteiger partial charge on any atom is 0.123 e. The third-order valence-electron chi connectivity index (χ3n) is 4.26. The molecule has 0 heterocycles. The van der Waals surface area contributed by atoms with Crippen LogP contribution in [0.3, 0.4) is 0 Å². The van der Waals surface area contributed by atoms with E-state index in [4.69, 9.17) is 5.73 Å². The summed E-state index contributed by atoms with van der Waals surface area (Å²) in [6, 6.07) is 4.30. The van der Waals surface area contributed by atoms with Gasteiger partial charge >= 0.3 is 0 Å².